The summed E-state index contributed by atoms with van der Waals surface area (Å²) in [5.41, 5.74) is -1.02. The molecule has 1 aromatic carbocycles. The van der Waals surface area contributed by atoms with Gasteiger partial charge in [-0.25, -0.2) is 4.79 Å². The van der Waals surface area contributed by atoms with Crippen molar-refractivity contribution in [3.63, 3.8) is 0 Å². The number of carboxylic acids is 1. The summed E-state index contributed by atoms with van der Waals surface area (Å²) in [6.07, 6.45) is 0. The van der Waals surface area contributed by atoms with E-state index in [-0.39, 0.29) is 11.3 Å². The smallest absolute Gasteiger partial charge is 0.335 e. The fourth-order valence-corrected chi connectivity index (χ4v) is 1.51. The summed E-state index contributed by atoms with van der Waals surface area (Å²) >= 11 is 0. The number of nitro benzene ring substituents is 1. The molecule has 0 aliphatic rings. The van der Waals surface area contributed by atoms with Gasteiger partial charge >= 0.3 is 11.7 Å². The van der Waals surface area contributed by atoms with Crippen LogP contribution in [0.25, 0.3) is 0 Å². The molecule has 0 unspecified atom stereocenters. The lowest BCUT2D eigenvalue weighted by Gasteiger charge is -2.20. The molecule has 114 valence electrons. The molecule has 0 spiro atoms. The number of carbonyl (C=O) groups is 2. The maximum Gasteiger partial charge on any atom is 0.335 e. The van der Waals surface area contributed by atoms with Crippen molar-refractivity contribution in [3.05, 3.63) is 33.9 Å². The third kappa shape index (κ3) is 5.09. The van der Waals surface area contributed by atoms with Crippen LogP contribution in [-0.2, 0) is 4.79 Å². The highest BCUT2D eigenvalue weighted by molar-refractivity contribution is 5.88. The van der Waals surface area contributed by atoms with Crippen LogP contribution in [0.5, 0.6) is 5.75 Å². The van der Waals surface area contributed by atoms with E-state index in [4.69, 9.17) is 9.84 Å². The molecule has 8 nitrogen and oxygen atoms in total. The number of nitrogens with one attached hydrogen (secondary N) is 1. The van der Waals surface area contributed by atoms with Crippen LogP contribution in [0.1, 0.15) is 31.1 Å². The summed E-state index contributed by atoms with van der Waals surface area (Å²) in [4.78, 5) is 32.6. The first kappa shape index (κ1) is 16.4. The molecule has 0 saturated carbocycles. The monoisotopic (exact) mass is 296 g/mol. The minimum atomic E-state index is -1.24. The molecular weight excluding hydrogens is 280 g/mol. The molecule has 1 aromatic rings. The second-order valence-electron chi connectivity index (χ2n) is 5.33. The molecule has 0 bridgehead atoms. The highest BCUT2D eigenvalue weighted by Gasteiger charge is 2.20. The van der Waals surface area contributed by atoms with Crippen LogP contribution in [0.4, 0.5) is 5.69 Å². The zero-order valence-corrected chi connectivity index (χ0v) is 11.9. The summed E-state index contributed by atoms with van der Waals surface area (Å²) in [5.74, 6) is -1.96. The first-order chi connectivity index (χ1) is 9.60. The Balaban J connectivity index is 2.90. The second kappa shape index (κ2) is 6.21. The van der Waals surface area contributed by atoms with E-state index in [2.05, 4.69) is 5.32 Å². The van der Waals surface area contributed by atoms with E-state index in [9.17, 15) is 19.7 Å². The topological polar surface area (TPSA) is 119 Å². The molecule has 8 heteroatoms. The van der Waals surface area contributed by atoms with Crippen molar-refractivity contribution >= 4 is 17.6 Å². The van der Waals surface area contributed by atoms with Gasteiger partial charge in [-0.15, -0.1) is 0 Å². The van der Waals surface area contributed by atoms with Crippen LogP contribution >= 0.6 is 0 Å². The molecule has 0 aromatic heterocycles. The van der Waals surface area contributed by atoms with Gasteiger partial charge in [0.2, 0.25) is 0 Å². The first-order valence-electron chi connectivity index (χ1n) is 6.05. The van der Waals surface area contributed by atoms with Crippen molar-refractivity contribution in [2.45, 2.75) is 26.3 Å². The molecule has 0 heterocycles. The van der Waals surface area contributed by atoms with E-state index in [0.717, 1.165) is 18.2 Å². The Kier molecular flexibility index (Phi) is 4.85. The average molecular weight is 296 g/mol. The van der Waals surface area contributed by atoms with Gasteiger partial charge in [0, 0.05) is 17.7 Å². The predicted molar refractivity (Wildman–Crippen MR) is 73.4 cm³/mol. The number of hydrogen-bond donors (Lipinski definition) is 2. The van der Waals surface area contributed by atoms with E-state index in [1.165, 1.54) is 0 Å². The molecule has 1 amide bonds. The fraction of sp³-hybridized carbons (Fsp3) is 0.385. The number of ether oxygens (including phenoxy) is 1. The molecule has 0 saturated heterocycles. The van der Waals surface area contributed by atoms with Crippen molar-refractivity contribution in [2.75, 3.05) is 6.61 Å². The van der Waals surface area contributed by atoms with Gasteiger partial charge in [-0.05, 0) is 26.8 Å². The fourth-order valence-electron chi connectivity index (χ4n) is 1.51. The Bertz CT molecular complexity index is 577. The molecule has 0 fully saturated rings. The van der Waals surface area contributed by atoms with Crippen LogP contribution in [0, 0.1) is 10.1 Å². The summed E-state index contributed by atoms with van der Waals surface area (Å²) in [7, 11) is 0. The normalized spacial score (nSPS) is 10.8. The van der Waals surface area contributed by atoms with E-state index in [0.29, 0.717) is 0 Å². The SMILES string of the molecule is CC(C)(C)NC(=O)COc1cc(C(=O)O)ccc1[N+](=O)[O-]. The van der Waals surface area contributed by atoms with Crippen LogP contribution in [0.3, 0.4) is 0 Å². The van der Waals surface area contributed by atoms with Gasteiger partial charge in [-0.1, -0.05) is 0 Å². The van der Waals surface area contributed by atoms with Gasteiger partial charge in [0.1, 0.15) is 0 Å². The third-order valence-electron chi connectivity index (χ3n) is 2.28. The van der Waals surface area contributed by atoms with Crippen molar-refractivity contribution in [1.82, 2.24) is 5.32 Å². The van der Waals surface area contributed by atoms with E-state index >= 15 is 0 Å². The van der Waals surface area contributed by atoms with Gasteiger partial charge < -0.3 is 15.2 Å². The Morgan fingerprint density at radius 3 is 2.48 bits per heavy atom. The van der Waals surface area contributed by atoms with E-state index in [1.807, 2.05) is 0 Å². The van der Waals surface area contributed by atoms with E-state index in [1.54, 1.807) is 20.8 Å². The zero-order chi connectivity index (χ0) is 16.2. The number of rotatable bonds is 5. The molecule has 1 rings (SSSR count). The Labute approximate surface area is 120 Å². The highest BCUT2D eigenvalue weighted by atomic mass is 16.6. The minimum Gasteiger partial charge on any atom is -0.478 e. The van der Waals surface area contributed by atoms with Gasteiger partial charge in [-0.3, -0.25) is 14.9 Å². The summed E-state index contributed by atoms with van der Waals surface area (Å²) in [6, 6.07) is 3.15. The number of aromatic carboxylic acids is 1. The largest absolute Gasteiger partial charge is 0.478 e. The van der Waals surface area contributed by atoms with Crippen molar-refractivity contribution in [1.29, 1.82) is 0 Å². The van der Waals surface area contributed by atoms with Gasteiger partial charge in [-0.2, -0.15) is 0 Å². The Morgan fingerprint density at radius 1 is 1.38 bits per heavy atom. The number of carboxylic acid groups (broad SMARTS) is 1. The number of nitro groups is 1. The first-order valence-corrected chi connectivity index (χ1v) is 6.05. The summed E-state index contributed by atoms with van der Waals surface area (Å²) in [6.45, 7) is 4.89. The third-order valence-corrected chi connectivity index (χ3v) is 2.28. The van der Waals surface area contributed by atoms with Crippen molar-refractivity contribution in [3.8, 4) is 5.75 Å². The van der Waals surface area contributed by atoms with Gasteiger partial charge in [0.15, 0.2) is 12.4 Å². The lowest BCUT2D eigenvalue weighted by molar-refractivity contribution is -0.385. The quantitative estimate of drug-likeness (QED) is 0.629. The zero-order valence-electron chi connectivity index (χ0n) is 11.9. The molecule has 21 heavy (non-hydrogen) atoms. The maximum atomic E-state index is 11.6. The van der Waals surface area contributed by atoms with Crippen molar-refractivity contribution < 1.29 is 24.4 Å². The number of benzene rings is 1. The predicted octanol–water partition coefficient (Wildman–Crippen LogP) is 1.59. The van der Waals surface area contributed by atoms with Crippen LogP contribution < -0.4 is 10.1 Å². The van der Waals surface area contributed by atoms with Crippen LogP contribution in [-0.4, -0.2) is 34.1 Å². The Hall–Kier alpha value is -2.64. The lowest BCUT2D eigenvalue weighted by Crippen LogP contribution is -2.43. The second-order valence-corrected chi connectivity index (χ2v) is 5.33. The van der Waals surface area contributed by atoms with Gasteiger partial charge in [0.05, 0.1) is 10.5 Å². The molecule has 0 aliphatic carbocycles. The highest BCUT2D eigenvalue weighted by Crippen LogP contribution is 2.28. The minimum absolute atomic E-state index is 0.160. The Morgan fingerprint density at radius 2 is 2.00 bits per heavy atom. The molecule has 0 radical (unpaired) electrons. The molecule has 0 atom stereocenters. The number of carbonyl (C=O) groups excluding carboxylic acids is 1. The number of hydrogen-bond acceptors (Lipinski definition) is 5. The standard InChI is InChI=1S/C13H16N2O6/c1-13(2,3)14-11(16)7-21-10-6-8(12(17)18)4-5-9(10)15(19)20/h4-6H,7H2,1-3H3,(H,14,16)(H,17,18). The summed E-state index contributed by atoms with van der Waals surface area (Å²) < 4.78 is 5.08. The molecule has 0 aliphatic heterocycles. The van der Waals surface area contributed by atoms with Crippen LogP contribution in [0.2, 0.25) is 0 Å². The maximum absolute atomic E-state index is 11.6. The lowest BCUT2D eigenvalue weighted by atomic mass is 10.1. The molecule has 2 N–H and O–H groups in total. The van der Waals surface area contributed by atoms with Crippen molar-refractivity contribution in [2.24, 2.45) is 0 Å². The van der Waals surface area contributed by atoms with Crippen LogP contribution in [0.15, 0.2) is 18.2 Å². The van der Waals surface area contributed by atoms with Gasteiger partial charge in [0.25, 0.3) is 5.91 Å². The number of nitrogens with zero attached hydrogens (tertiary/aromatic N) is 1. The summed E-state index contributed by atoms with van der Waals surface area (Å²) in [5, 5.41) is 22.3. The number of amides is 1. The molecular formula is C13H16N2O6. The van der Waals surface area contributed by atoms with E-state index < -0.39 is 34.6 Å². The average Bonchev–Trinajstić information content (AvgIpc) is 2.33.